The highest BCUT2D eigenvalue weighted by molar-refractivity contribution is 7.12. The van der Waals surface area contributed by atoms with Crippen molar-refractivity contribution in [3.05, 3.63) is 88.1 Å². The summed E-state index contributed by atoms with van der Waals surface area (Å²) < 4.78 is 5.45. The van der Waals surface area contributed by atoms with E-state index in [0.29, 0.717) is 35.9 Å². The number of hydrogen-bond acceptors (Lipinski definition) is 5. The van der Waals surface area contributed by atoms with Crippen LogP contribution in [0.4, 0.5) is 5.69 Å². The van der Waals surface area contributed by atoms with E-state index in [1.54, 1.807) is 30.3 Å². The molecule has 0 unspecified atom stereocenters. The van der Waals surface area contributed by atoms with Crippen LogP contribution < -0.4 is 10.6 Å². The van der Waals surface area contributed by atoms with Crippen molar-refractivity contribution in [3.8, 4) is 0 Å². The Morgan fingerprint density at radius 2 is 1.77 bits per heavy atom. The summed E-state index contributed by atoms with van der Waals surface area (Å²) in [4.78, 5) is 28.3. The van der Waals surface area contributed by atoms with Crippen molar-refractivity contribution in [1.82, 2.24) is 10.2 Å². The lowest BCUT2D eigenvalue weighted by Crippen LogP contribution is -2.43. The molecule has 0 aliphatic carbocycles. The minimum absolute atomic E-state index is 0.142. The van der Waals surface area contributed by atoms with Gasteiger partial charge in [0.25, 0.3) is 11.8 Å². The normalized spacial score (nSPS) is 15.2. The van der Waals surface area contributed by atoms with Gasteiger partial charge in [0.2, 0.25) is 0 Å². The maximum absolute atomic E-state index is 13.1. The molecular formula is C24H25N3O3S. The maximum atomic E-state index is 13.1. The van der Waals surface area contributed by atoms with Crippen molar-refractivity contribution in [2.45, 2.75) is 6.04 Å². The fraction of sp³-hybridized carbons (Fsp3) is 0.250. The molecule has 1 aromatic heterocycles. The molecule has 0 spiro atoms. The quantitative estimate of drug-likeness (QED) is 0.592. The van der Waals surface area contributed by atoms with Crippen molar-refractivity contribution in [3.63, 3.8) is 0 Å². The number of carbonyl (C=O) groups excluding carboxylic acids is 2. The minimum Gasteiger partial charge on any atom is -0.379 e. The number of thiophene rings is 1. The van der Waals surface area contributed by atoms with Gasteiger partial charge in [-0.05, 0) is 35.2 Å². The van der Waals surface area contributed by atoms with E-state index in [9.17, 15) is 9.59 Å². The van der Waals surface area contributed by atoms with Gasteiger partial charge in [-0.2, -0.15) is 0 Å². The zero-order chi connectivity index (χ0) is 21.5. The molecule has 2 amide bonds. The van der Waals surface area contributed by atoms with Gasteiger partial charge in [-0.3, -0.25) is 14.5 Å². The molecule has 4 rings (SSSR count). The number of nitrogens with zero attached hydrogens (tertiary/aromatic N) is 1. The summed E-state index contributed by atoms with van der Waals surface area (Å²) in [5.74, 6) is -0.351. The monoisotopic (exact) mass is 435 g/mol. The first-order chi connectivity index (χ1) is 15.2. The van der Waals surface area contributed by atoms with E-state index in [1.807, 2.05) is 41.8 Å². The van der Waals surface area contributed by atoms with Crippen LogP contribution in [0.25, 0.3) is 0 Å². The molecule has 7 heteroatoms. The van der Waals surface area contributed by atoms with Gasteiger partial charge in [0.1, 0.15) is 0 Å². The number of benzene rings is 2. The van der Waals surface area contributed by atoms with E-state index >= 15 is 0 Å². The van der Waals surface area contributed by atoms with Crippen LogP contribution >= 0.6 is 11.3 Å². The summed E-state index contributed by atoms with van der Waals surface area (Å²) in [6.45, 7) is 3.84. The van der Waals surface area contributed by atoms with E-state index in [1.165, 1.54) is 11.3 Å². The van der Waals surface area contributed by atoms with Gasteiger partial charge in [0.15, 0.2) is 0 Å². The van der Waals surface area contributed by atoms with Gasteiger partial charge in [-0.1, -0.05) is 42.5 Å². The van der Waals surface area contributed by atoms with Crippen LogP contribution in [0.5, 0.6) is 0 Å². The maximum Gasteiger partial charge on any atom is 0.265 e. The molecule has 1 saturated heterocycles. The minimum atomic E-state index is -0.179. The van der Waals surface area contributed by atoms with Crippen molar-refractivity contribution in [2.75, 3.05) is 38.2 Å². The Kier molecular flexibility index (Phi) is 7.09. The first-order valence-electron chi connectivity index (χ1n) is 10.3. The lowest BCUT2D eigenvalue weighted by Gasteiger charge is -2.31. The molecule has 0 saturated carbocycles. The number of hydrogen-bond donors (Lipinski definition) is 2. The van der Waals surface area contributed by atoms with Gasteiger partial charge in [0, 0.05) is 30.9 Å². The van der Waals surface area contributed by atoms with E-state index in [4.69, 9.17) is 4.74 Å². The van der Waals surface area contributed by atoms with Crippen molar-refractivity contribution < 1.29 is 14.3 Å². The second-order valence-electron chi connectivity index (χ2n) is 7.36. The Hall–Kier alpha value is -3.00. The second kappa shape index (κ2) is 10.3. The number of anilines is 1. The van der Waals surface area contributed by atoms with Gasteiger partial charge in [0.05, 0.1) is 24.1 Å². The third kappa shape index (κ3) is 5.79. The molecule has 0 bridgehead atoms. The molecule has 6 nitrogen and oxygen atoms in total. The molecule has 2 aromatic carbocycles. The largest absolute Gasteiger partial charge is 0.379 e. The van der Waals surface area contributed by atoms with Crippen LogP contribution in [-0.4, -0.2) is 49.6 Å². The number of nitrogens with one attached hydrogen (secondary N) is 2. The highest BCUT2D eigenvalue weighted by atomic mass is 32.1. The third-order valence-corrected chi connectivity index (χ3v) is 6.05. The number of rotatable bonds is 7. The van der Waals surface area contributed by atoms with Crippen LogP contribution in [0, 0.1) is 0 Å². The summed E-state index contributed by atoms with van der Waals surface area (Å²) in [6, 6.07) is 20.5. The highest BCUT2D eigenvalue weighted by Gasteiger charge is 2.21. The first kappa shape index (κ1) is 21.2. The van der Waals surface area contributed by atoms with Crippen LogP contribution in [0.3, 0.4) is 0 Å². The average Bonchev–Trinajstić information content (AvgIpc) is 3.35. The Morgan fingerprint density at radius 3 is 2.52 bits per heavy atom. The number of morpholine rings is 1. The summed E-state index contributed by atoms with van der Waals surface area (Å²) in [5.41, 5.74) is 2.16. The van der Waals surface area contributed by atoms with Crippen LogP contribution in [0.1, 0.15) is 31.6 Å². The average molecular weight is 436 g/mol. The smallest absolute Gasteiger partial charge is 0.265 e. The molecule has 3 aromatic rings. The lowest BCUT2D eigenvalue weighted by atomic mass is 10.0. The standard InChI is InChI=1S/C24H25N3O3S/c28-23(19-8-4-9-20(16-19)25-24(29)22-10-5-15-31-22)26-21(18-6-2-1-3-7-18)17-27-11-13-30-14-12-27/h1-10,15-16,21H,11-14,17H2,(H,25,29)(H,26,28)/t21-/m1/s1. The zero-order valence-corrected chi connectivity index (χ0v) is 17.9. The summed E-state index contributed by atoms with van der Waals surface area (Å²) in [7, 11) is 0. The first-order valence-corrected chi connectivity index (χ1v) is 11.2. The molecule has 1 fully saturated rings. The summed E-state index contributed by atoms with van der Waals surface area (Å²) >= 11 is 1.38. The number of amides is 2. The van der Waals surface area contributed by atoms with Gasteiger partial charge >= 0.3 is 0 Å². The van der Waals surface area contributed by atoms with E-state index < -0.39 is 0 Å². The Balaban J connectivity index is 1.47. The van der Waals surface area contributed by atoms with E-state index in [0.717, 1.165) is 18.7 Å². The Bertz CT molecular complexity index is 1000. The van der Waals surface area contributed by atoms with E-state index in [2.05, 4.69) is 15.5 Å². The predicted molar refractivity (Wildman–Crippen MR) is 123 cm³/mol. The third-order valence-electron chi connectivity index (χ3n) is 5.18. The van der Waals surface area contributed by atoms with Crippen molar-refractivity contribution in [1.29, 1.82) is 0 Å². The fourth-order valence-electron chi connectivity index (χ4n) is 3.54. The van der Waals surface area contributed by atoms with Crippen LogP contribution in [0.2, 0.25) is 0 Å². The van der Waals surface area contributed by atoms with Crippen molar-refractivity contribution in [2.24, 2.45) is 0 Å². The predicted octanol–water partition coefficient (Wildman–Crippen LogP) is 3.80. The molecule has 1 aliphatic heterocycles. The van der Waals surface area contributed by atoms with Gasteiger partial charge < -0.3 is 15.4 Å². The van der Waals surface area contributed by atoms with Gasteiger partial charge in [-0.15, -0.1) is 11.3 Å². The Labute approximate surface area is 185 Å². The Morgan fingerprint density at radius 1 is 0.968 bits per heavy atom. The lowest BCUT2D eigenvalue weighted by molar-refractivity contribution is 0.0332. The molecule has 2 heterocycles. The highest BCUT2D eigenvalue weighted by Crippen LogP contribution is 2.18. The molecule has 31 heavy (non-hydrogen) atoms. The fourth-order valence-corrected chi connectivity index (χ4v) is 4.16. The van der Waals surface area contributed by atoms with Crippen molar-refractivity contribution >= 4 is 28.8 Å². The van der Waals surface area contributed by atoms with Crippen LogP contribution in [0.15, 0.2) is 72.1 Å². The molecule has 160 valence electrons. The second-order valence-corrected chi connectivity index (χ2v) is 8.31. The van der Waals surface area contributed by atoms with Crippen LogP contribution in [-0.2, 0) is 4.74 Å². The number of ether oxygens (including phenoxy) is 1. The van der Waals surface area contributed by atoms with Gasteiger partial charge in [-0.25, -0.2) is 0 Å². The number of carbonyl (C=O) groups is 2. The van der Waals surface area contributed by atoms with E-state index in [-0.39, 0.29) is 17.9 Å². The topological polar surface area (TPSA) is 70.7 Å². The molecular weight excluding hydrogens is 410 g/mol. The molecule has 2 N–H and O–H groups in total. The SMILES string of the molecule is O=C(N[C@H](CN1CCOCC1)c1ccccc1)c1cccc(NC(=O)c2cccs2)c1. The summed E-state index contributed by atoms with van der Waals surface area (Å²) in [6.07, 6.45) is 0. The zero-order valence-electron chi connectivity index (χ0n) is 17.1. The molecule has 1 aliphatic rings. The molecule has 0 radical (unpaired) electrons. The summed E-state index contributed by atoms with van der Waals surface area (Å²) in [5, 5.41) is 7.89. The molecule has 1 atom stereocenters.